The summed E-state index contributed by atoms with van der Waals surface area (Å²) in [6.45, 7) is 7.49. The van der Waals surface area contributed by atoms with Gasteiger partial charge in [-0.25, -0.2) is 0 Å². The van der Waals surface area contributed by atoms with Gasteiger partial charge in [0.25, 0.3) is 0 Å². The molecule has 0 unspecified atom stereocenters. The minimum Gasteiger partial charge on any atom is -0.384 e. The number of benzene rings is 1. The van der Waals surface area contributed by atoms with Crippen LogP contribution in [0, 0.1) is 5.41 Å². The summed E-state index contributed by atoms with van der Waals surface area (Å²) in [7, 11) is 0. The van der Waals surface area contributed by atoms with Gasteiger partial charge >= 0.3 is 0 Å². The van der Waals surface area contributed by atoms with Crippen molar-refractivity contribution in [3.8, 4) is 0 Å². The Morgan fingerprint density at radius 2 is 2.05 bits per heavy atom. The van der Waals surface area contributed by atoms with E-state index in [0.29, 0.717) is 11.1 Å². The maximum absolute atomic E-state index is 7.71. The molecule has 0 aliphatic heterocycles. The minimum absolute atomic E-state index is 0.0682. The third kappa shape index (κ3) is 4.43. The quantitative estimate of drug-likeness (QED) is 0.450. The zero-order chi connectivity index (χ0) is 14.4. The van der Waals surface area contributed by atoms with Crippen molar-refractivity contribution in [1.82, 2.24) is 0 Å². The van der Waals surface area contributed by atoms with Crippen molar-refractivity contribution in [3.63, 3.8) is 0 Å². The maximum atomic E-state index is 7.71. The fourth-order valence-corrected chi connectivity index (χ4v) is 2.34. The number of halogens is 1. The zero-order valence-corrected chi connectivity index (χ0v) is 12.8. The summed E-state index contributed by atoms with van der Waals surface area (Å²) in [4.78, 5) is 2.29. The highest BCUT2D eigenvalue weighted by Gasteiger charge is 2.16. The summed E-state index contributed by atoms with van der Waals surface area (Å²) in [5.41, 5.74) is 7.40. The normalized spacial score (nSPS) is 10.8. The fourth-order valence-electron chi connectivity index (χ4n) is 2.16. The largest absolute Gasteiger partial charge is 0.384 e. The molecule has 3 N–H and O–H groups in total. The molecule has 0 saturated heterocycles. The van der Waals surface area contributed by atoms with E-state index in [-0.39, 0.29) is 5.84 Å². The highest BCUT2D eigenvalue weighted by Crippen LogP contribution is 2.26. The van der Waals surface area contributed by atoms with Crippen LogP contribution in [0.3, 0.4) is 0 Å². The van der Waals surface area contributed by atoms with E-state index in [0.717, 1.165) is 24.2 Å². The highest BCUT2D eigenvalue weighted by atomic mass is 35.5. The van der Waals surface area contributed by atoms with Gasteiger partial charge in [-0.2, -0.15) is 0 Å². The van der Waals surface area contributed by atoms with Crippen molar-refractivity contribution >= 4 is 23.1 Å². The Labute approximate surface area is 121 Å². The summed E-state index contributed by atoms with van der Waals surface area (Å²) in [5, 5.41) is 8.33. The number of nitrogen functional groups attached to an aromatic ring is 1. The molecule has 0 heterocycles. The highest BCUT2D eigenvalue weighted by molar-refractivity contribution is 6.31. The molecule has 0 atom stereocenters. The zero-order valence-electron chi connectivity index (χ0n) is 12.0. The van der Waals surface area contributed by atoms with E-state index in [9.17, 15) is 0 Å². The van der Waals surface area contributed by atoms with E-state index < -0.39 is 0 Å². The Balaban J connectivity index is 3.04. The van der Waals surface area contributed by atoms with Crippen molar-refractivity contribution in [2.75, 3.05) is 11.4 Å². The van der Waals surface area contributed by atoms with Gasteiger partial charge in [0, 0.05) is 28.9 Å². The molecule has 0 aliphatic carbocycles. The molecule has 106 valence electrons. The van der Waals surface area contributed by atoms with Crippen LogP contribution in [0.25, 0.3) is 0 Å². The number of rotatable bonds is 7. The fraction of sp³-hybridized carbons (Fsp3) is 0.533. The van der Waals surface area contributed by atoms with Crippen molar-refractivity contribution in [2.24, 2.45) is 5.73 Å². The Bertz CT molecular complexity index is 429. The van der Waals surface area contributed by atoms with Gasteiger partial charge < -0.3 is 10.6 Å². The first-order valence-corrected chi connectivity index (χ1v) is 7.25. The molecule has 0 aromatic heterocycles. The second-order valence-corrected chi connectivity index (χ2v) is 5.51. The summed E-state index contributed by atoms with van der Waals surface area (Å²) in [6.07, 6.45) is 3.56. The summed E-state index contributed by atoms with van der Waals surface area (Å²) < 4.78 is 0. The molecule has 0 aliphatic rings. The van der Waals surface area contributed by atoms with E-state index in [1.165, 1.54) is 12.8 Å². The van der Waals surface area contributed by atoms with Gasteiger partial charge in [-0.05, 0) is 38.5 Å². The standard InChI is InChI=1S/C15H24ClN3/c1-4-5-6-9-19(11(2)3)14-8-7-12(16)10-13(14)15(17)18/h7-8,10-11H,4-6,9H2,1-3H3,(H3,17,18). The lowest BCUT2D eigenvalue weighted by Gasteiger charge is -2.31. The average molecular weight is 282 g/mol. The van der Waals surface area contributed by atoms with E-state index in [1.54, 1.807) is 6.07 Å². The summed E-state index contributed by atoms with van der Waals surface area (Å²) >= 11 is 6.00. The molecule has 1 aromatic rings. The monoisotopic (exact) mass is 281 g/mol. The molecule has 0 radical (unpaired) electrons. The molecule has 4 heteroatoms. The number of unbranched alkanes of at least 4 members (excludes halogenated alkanes) is 2. The number of amidine groups is 1. The molecule has 0 spiro atoms. The van der Waals surface area contributed by atoms with Crippen molar-refractivity contribution in [3.05, 3.63) is 28.8 Å². The van der Waals surface area contributed by atoms with Crippen LogP contribution in [-0.4, -0.2) is 18.4 Å². The number of nitrogens with zero attached hydrogens (tertiary/aromatic N) is 1. The van der Waals surface area contributed by atoms with E-state index in [2.05, 4.69) is 25.7 Å². The van der Waals surface area contributed by atoms with Crippen LogP contribution in [0.4, 0.5) is 5.69 Å². The van der Waals surface area contributed by atoms with Gasteiger partial charge in [0.1, 0.15) is 5.84 Å². The first kappa shape index (κ1) is 15.8. The van der Waals surface area contributed by atoms with Crippen molar-refractivity contribution < 1.29 is 0 Å². The third-order valence-electron chi connectivity index (χ3n) is 3.18. The number of anilines is 1. The molecular weight excluding hydrogens is 258 g/mol. The van der Waals surface area contributed by atoms with E-state index in [4.69, 9.17) is 22.7 Å². The Kier molecular flexibility index (Phi) is 6.16. The lowest BCUT2D eigenvalue weighted by atomic mass is 10.1. The molecule has 3 nitrogen and oxygen atoms in total. The third-order valence-corrected chi connectivity index (χ3v) is 3.42. The molecule has 0 amide bonds. The summed E-state index contributed by atoms with van der Waals surface area (Å²) in [5.74, 6) is 0.0682. The molecular formula is C15H24ClN3. The predicted octanol–water partition coefficient (Wildman–Crippen LogP) is 4.03. The first-order chi connectivity index (χ1) is 8.97. The van der Waals surface area contributed by atoms with Crippen LogP contribution in [-0.2, 0) is 0 Å². The average Bonchev–Trinajstić information content (AvgIpc) is 2.35. The van der Waals surface area contributed by atoms with E-state index in [1.807, 2.05) is 12.1 Å². The topological polar surface area (TPSA) is 53.1 Å². The number of nitrogens with one attached hydrogen (secondary N) is 1. The SMILES string of the molecule is CCCCCN(c1ccc(Cl)cc1C(=N)N)C(C)C. The van der Waals surface area contributed by atoms with Gasteiger partial charge in [0.15, 0.2) is 0 Å². The Morgan fingerprint density at radius 3 is 2.58 bits per heavy atom. The van der Waals surface area contributed by atoms with Crippen LogP contribution in [0.1, 0.15) is 45.6 Å². The maximum Gasteiger partial charge on any atom is 0.124 e. The lowest BCUT2D eigenvalue weighted by molar-refractivity contribution is 0.625. The first-order valence-electron chi connectivity index (χ1n) is 6.88. The lowest BCUT2D eigenvalue weighted by Crippen LogP contribution is -2.33. The molecule has 1 rings (SSSR count). The molecule has 0 saturated carbocycles. The van der Waals surface area contributed by atoms with Crippen LogP contribution in [0.2, 0.25) is 5.02 Å². The number of hydrogen-bond acceptors (Lipinski definition) is 2. The summed E-state index contributed by atoms with van der Waals surface area (Å²) in [6, 6.07) is 5.97. The van der Waals surface area contributed by atoms with Crippen molar-refractivity contribution in [1.29, 1.82) is 5.41 Å². The molecule has 1 aromatic carbocycles. The smallest absolute Gasteiger partial charge is 0.124 e. The predicted molar refractivity (Wildman–Crippen MR) is 84.5 cm³/mol. The molecule has 0 bridgehead atoms. The van der Waals surface area contributed by atoms with Gasteiger partial charge in [-0.15, -0.1) is 0 Å². The second-order valence-electron chi connectivity index (χ2n) is 5.07. The van der Waals surface area contributed by atoms with Crippen molar-refractivity contribution in [2.45, 2.75) is 46.1 Å². The second kappa shape index (κ2) is 7.39. The van der Waals surface area contributed by atoms with E-state index >= 15 is 0 Å². The molecule has 19 heavy (non-hydrogen) atoms. The molecule has 0 fully saturated rings. The van der Waals surface area contributed by atoms with Gasteiger partial charge in [0.2, 0.25) is 0 Å². The number of nitrogens with two attached hydrogens (primary N) is 1. The Hall–Kier alpha value is -1.22. The van der Waals surface area contributed by atoms with Crippen LogP contribution >= 0.6 is 11.6 Å². The van der Waals surface area contributed by atoms with Crippen LogP contribution < -0.4 is 10.6 Å². The Morgan fingerprint density at radius 1 is 1.37 bits per heavy atom. The van der Waals surface area contributed by atoms with Crippen LogP contribution in [0.15, 0.2) is 18.2 Å². The van der Waals surface area contributed by atoms with Gasteiger partial charge in [-0.1, -0.05) is 31.4 Å². The number of hydrogen-bond donors (Lipinski definition) is 2. The van der Waals surface area contributed by atoms with Gasteiger partial charge in [0.05, 0.1) is 0 Å². The minimum atomic E-state index is 0.0682. The van der Waals surface area contributed by atoms with Gasteiger partial charge in [-0.3, -0.25) is 5.41 Å². The van der Waals surface area contributed by atoms with Crippen LogP contribution in [0.5, 0.6) is 0 Å².